The van der Waals surface area contributed by atoms with Crippen molar-refractivity contribution in [3.8, 4) is 0 Å². The second-order valence-electron chi connectivity index (χ2n) is 6.26. The van der Waals surface area contributed by atoms with Crippen molar-refractivity contribution in [3.05, 3.63) is 59.7 Å². The largest absolute Gasteiger partial charge is 0.398 e. The number of hydrogen-bond donors (Lipinski definition) is 1. The van der Waals surface area contributed by atoms with Gasteiger partial charge >= 0.3 is 0 Å². The summed E-state index contributed by atoms with van der Waals surface area (Å²) in [6, 6.07) is 16.1. The lowest BCUT2D eigenvalue weighted by molar-refractivity contribution is -0.130. The number of anilines is 2. The Morgan fingerprint density at radius 2 is 1.92 bits per heavy atom. The maximum Gasteiger partial charge on any atom is 0.242 e. The van der Waals surface area contributed by atoms with Gasteiger partial charge in [-0.15, -0.1) is 12.4 Å². The quantitative estimate of drug-likeness (QED) is 0.831. The molecule has 0 spiro atoms. The Morgan fingerprint density at radius 3 is 2.64 bits per heavy atom. The van der Waals surface area contributed by atoms with E-state index in [9.17, 15) is 4.79 Å². The molecule has 0 saturated heterocycles. The molecule has 0 radical (unpaired) electrons. The van der Waals surface area contributed by atoms with E-state index in [-0.39, 0.29) is 18.3 Å². The van der Waals surface area contributed by atoms with Crippen molar-refractivity contribution in [1.82, 2.24) is 4.90 Å². The molecule has 0 aliphatic carbocycles. The first kappa shape index (κ1) is 19.1. The van der Waals surface area contributed by atoms with Crippen molar-refractivity contribution in [2.45, 2.75) is 26.3 Å². The summed E-state index contributed by atoms with van der Waals surface area (Å²) in [6.07, 6.45) is 2.04. The fraction of sp³-hybridized carbons (Fsp3) is 0.350. The third kappa shape index (κ3) is 4.45. The molecule has 2 N–H and O–H groups in total. The van der Waals surface area contributed by atoms with Crippen molar-refractivity contribution >= 4 is 29.7 Å². The second kappa shape index (κ2) is 8.77. The summed E-state index contributed by atoms with van der Waals surface area (Å²) in [5, 5.41) is 0. The SMILES string of the molecule is CCN(Cc1ccccc1)C(=O)CN1CCCc2c(N)cccc21.Cl. The summed E-state index contributed by atoms with van der Waals surface area (Å²) >= 11 is 0. The van der Waals surface area contributed by atoms with Gasteiger partial charge in [0.15, 0.2) is 0 Å². The average molecular weight is 360 g/mol. The van der Waals surface area contributed by atoms with Gasteiger partial charge in [0.1, 0.15) is 0 Å². The number of nitrogens with zero attached hydrogens (tertiary/aromatic N) is 2. The first-order chi connectivity index (χ1) is 11.7. The number of nitrogens with two attached hydrogens (primary N) is 1. The molecule has 5 heteroatoms. The maximum atomic E-state index is 12.8. The number of likely N-dealkylation sites (N-methyl/N-ethyl adjacent to an activating group) is 1. The molecule has 0 saturated carbocycles. The van der Waals surface area contributed by atoms with Crippen LogP contribution >= 0.6 is 12.4 Å². The van der Waals surface area contributed by atoms with Gasteiger partial charge in [0.05, 0.1) is 6.54 Å². The van der Waals surface area contributed by atoms with Crippen molar-refractivity contribution in [1.29, 1.82) is 0 Å². The molecule has 3 rings (SSSR count). The van der Waals surface area contributed by atoms with E-state index < -0.39 is 0 Å². The van der Waals surface area contributed by atoms with E-state index in [2.05, 4.69) is 23.1 Å². The van der Waals surface area contributed by atoms with Crippen molar-refractivity contribution < 1.29 is 4.79 Å². The third-order valence-electron chi connectivity index (χ3n) is 4.66. The topological polar surface area (TPSA) is 49.6 Å². The van der Waals surface area contributed by atoms with E-state index in [1.165, 1.54) is 5.56 Å². The number of halogens is 1. The minimum absolute atomic E-state index is 0. The molecule has 2 aromatic rings. The lowest BCUT2D eigenvalue weighted by atomic mass is 10.00. The fourth-order valence-corrected chi connectivity index (χ4v) is 3.34. The molecule has 134 valence electrons. The van der Waals surface area contributed by atoms with Crippen LogP contribution in [0, 0.1) is 0 Å². The van der Waals surface area contributed by atoms with Crippen molar-refractivity contribution in [3.63, 3.8) is 0 Å². The second-order valence-corrected chi connectivity index (χ2v) is 6.26. The summed E-state index contributed by atoms with van der Waals surface area (Å²) in [5.74, 6) is 0.164. The molecule has 1 amide bonds. The van der Waals surface area contributed by atoms with Gasteiger partial charge in [0.25, 0.3) is 0 Å². The molecule has 0 aromatic heterocycles. The van der Waals surface area contributed by atoms with Crippen molar-refractivity contribution in [2.24, 2.45) is 0 Å². The fourth-order valence-electron chi connectivity index (χ4n) is 3.34. The number of benzene rings is 2. The average Bonchev–Trinajstić information content (AvgIpc) is 2.61. The van der Waals surface area contributed by atoms with Crippen LogP contribution in [-0.4, -0.2) is 30.4 Å². The Bertz CT molecular complexity index is 705. The number of amides is 1. The highest BCUT2D eigenvalue weighted by Crippen LogP contribution is 2.31. The molecule has 0 unspecified atom stereocenters. The molecule has 25 heavy (non-hydrogen) atoms. The van der Waals surface area contributed by atoms with Gasteiger partial charge in [0, 0.05) is 31.0 Å². The molecular weight excluding hydrogens is 334 g/mol. The molecule has 1 heterocycles. The first-order valence-corrected chi connectivity index (χ1v) is 8.63. The molecule has 4 nitrogen and oxygen atoms in total. The molecule has 2 aromatic carbocycles. The van der Waals surface area contributed by atoms with Crippen LogP contribution in [0.4, 0.5) is 11.4 Å². The zero-order chi connectivity index (χ0) is 16.9. The Labute approximate surface area is 156 Å². The van der Waals surface area contributed by atoms with E-state index in [0.717, 1.165) is 36.3 Å². The van der Waals surface area contributed by atoms with E-state index in [1.807, 2.05) is 42.2 Å². The number of rotatable bonds is 5. The van der Waals surface area contributed by atoms with Crippen LogP contribution in [0.15, 0.2) is 48.5 Å². The van der Waals surface area contributed by atoms with Crippen LogP contribution < -0.4 is 10.6 Å². The monoisotopic (exact) mass is 359 g/mol. The predicted molar refractivity (Wildman–Crippen MR) is 106 cm³/mol. The van der Waals surface area contributed by atoms with Crippen LogP contribution in [0.25, 0.3) is 0 Å². The number of hydrogen-bond acceptors (Lipinski definition) is 3. The minimum atomic E-state index is 0. The lowest BCUT2D eigenvalue weighted by Crippen LogP contribution is -2.42. The number of carbonyl (C=O) groups is 1. The Balaban J connectivity index is 0.00000225. The summed E-state index contributed by atoms with van der Waals surface area (Å²) < 4.78 is 0. The molecular formula is C20H26ClN3O. The Kier molecular flexibility index (Phi) is 6.71. The zero-order valence-electron chi connectivity index (χ0n) is 14.6. The molecule has 0 bridgehead atoms. The highest BCUT2D eigenvalue weighted by atomic mass is 35.5. The van der Waals surface area contributed by atoms with E-state index in [1.54, 1.807) is 0 Å². The third-order valence-corrected chi connectivity index (χ3v) is 4.66. The number of fused-ring (bicyclic) bond motifs is 1. The normalized spacial score (nSPS) is 12.9. The highest BCUT2D eigenvalue weighted by molar-refractivity contribution is 5.85. The van der Waals surface area contributed by atoms with Crippen LogP contribution in [0.3, 0.4) is 0 Å². The van der Waals surface area contributed by atoms with Crippen LogP contribution in [-0.2, 0) is 17.8 Å². The van der Waals surface area contributed by atoms with Gasteiger partial charge in [-0.3, -0.25) is 4.79 Å². The smallest absolute Gasteiger partial charge is 0.242 e. The Morgan fingerprint density at radius 1 is 1.16 bits per heavy atom. The standard InChI is InChI=1S/C20H25N3O.ClH/c1-2-22(14-16-8-4-3-5-9-16)20(24)15-23-13-7-10-17-18(21)11-6-12-19(17)23;/h3-6,8-9,11-12H,2,7,10,13-15,21H2,1H3;1H. The van der Waals surface area contributed by atoms with Gasteiger partial charge in [-0.25, -0.2) is 0 Å². The predicted octanol–water partition coefficient (Wildman–Crippen LogP) is 3.49. The summed E-state index contributed by atoms with van der Waals surface area (Å²) in [7, 11) is 0. The van der Waals surface area contributed by atoms with Gasteiger partial charge in [-0.05, 0) is 43.0 Å². The summed E-state index contributed by atoms with van der Waals surface area (Å²) in [5.41, 5.74) is 10.4. The van der Waals surface area contributed by atoms with Crippen LogP contribution in [0.5, 0.6) is 0 Å². The van der Waals surface area contributed by atoms with Crippen LogP contribution in [0.2, 0.25) is 0 Å². The van der Waals surface area contributed by atoms with E-state index in [4.69, 9.17) is 5.73 Å². The van der Waals surface area contributed by atoms with E-state index in [0.29, 0.717) is 19.6 Å². The van der Waals surface area contributed by atoms with Gasteiger partial charge < -0.3 is 15.5 Å². The Hall–Kier alpha value is -2.20. The van der Waals surface area contributed by atoms with Gasteiger partial charge in [-0.1, -0.05) is 36.4 Å². The van der Waals surface area contributed by atoms with Crippen LogP contribution in [0.1, 0.15) is 24.5 Å². The van der Waals surface area contributed by atoms with Crippen molar-refractivity contribution in [2.75, 3.05) is 30.3 Å². The lowest BCUT2D eigenvalue weighted by Gasteiger charge is -2.33. The molecule has 1 aliphatic rings. The summed E-state index contributed by atoms with van der Waals surface area (Å²) in [6.45, 7) is 4.73. The van der Waals surface area contributed by atoms with Gasteiger partial charge in [-0.2, -0.15) is 0 Å². The number of carbonyl (C=O) groups excluding carboxylic acids is 1. The zero-order valence-corrected chi connectivity index (χ0v) is 15.5. The minimum Gasteiger partial charge on any atom is -0.398 e. The highest BCUT2D eigenvalue weighted by Gasteiger charge is 2.22. The van der Waals surface area contributed by atoms with Gasteiger partial charge in [0.2, 0.25) is 5.91 Å². The molecule has 0 atom stereocenters. The summed E-state index contributed by atoms with van der Waals surface area (Å²) in [4.78, 5) is 16.9. The molecule has 0 fully saturated rings. The molecule has 1 aliphatic heterocycles. The first-order valence-electron chi connectivity index (χ1n) is 8.63. The van der Waals surface area contributed by atoms with E-state index >= 15 is 0 Å². The maximum absolute atomic E-state index is 12.8. The number of nitrogen functional groups attached to an aromatic ring is 1.